The molecular weight excluding hydrogens is 205 g/mol. The first-order valence-corrected chi connectivity index (χ1v) is 5.50. The van der Waals surface area contributed by atoms with E-state index in [9.17, 15) is 4.39 Å². The minimum atomic E-state index is -0.458. The number of aryl methyl sites for hydroxylation is 1. The molecule has 90 valence electrons. The molecule has 1 rings (SSSR count). The van der Waals surface area contributed by atoms with Gasteiger partial charge in [-0.3, -0.25) is 0 Å². The van der Waals surface area contributed by atoms with Gasteiger partial charge in [0.05, 0.1) is 11.6 Å². The SMILES string of the molecule is CCC(C)(OC)C(N)c1cc(C)cc(F)c1. The van der Waals surface area contributed by atoms with E-state index in [1.54, 1.807) is 7.11 Å². The van der Waals surface area contributed by atoms with Crippen molar-refractivity contribution in [2.45, 2.75) is 38.8 Å². The molecule has 2 N–H and O–H groups in total. The molecule has 16 heavy (non-hydrogen) atoms. The fourth-order valence-electron chi connectivity index (χ4n) is 1.79. The fourth-order valence-corrected chi connectivity index (χ4v) is 1.79. The van der Waals surface area contributed by atoms with Crippen LogP contribution >= 0.6 is 0 Å². The molecule has 0 heterocycles. The average Bonchev–Trinajstić information content (AvgIpc) is 2.25. The van der Waals surface area contributed by atoms with Crippen LogP contribution in [0.1, 0.15) is 37.4 Å². The number of halogens is 1. The van der Waals surface area contributed by atoms with Crippen molar-refractivity contribution in [1.29, 1.82) is 0 Å². The van der Waals surface area contributed by atoms with Crippen molar-refractivity contribution in [2.24, 2.45) is 5.73 Å². The molecule has 0 aliphatic rings. The summed E-state index contributed by atoms with van der Waals surface area (Å²) in [6.07, 6.45) is 0.778. The van der Waals surface area contributed by atoms with Gasteiger partial charge in [-0.1, -0.05) is 13.0 Å². The number of rotatable bonds is 4. The van der Waals surface area contributed by atoms with E-state index in [4.69, 9.17) is 10.5 Å². The standard InChI is InChI=1S/C13H20FNO/c1-5-13(3,16-4)12(15)10-6-9(2)7-11(14)8-10/h6-8,12H,5,15H2,1-4H3. The van der Waals surface area contributed by atoms with E-state index in [2.05, 4.69) is 0 Å². The zero-order valence-corrected chi connectivity index (χ0v) is 10.4. The highest BCUT2D eigenvalue weighted by molar-refractivity contribution is 5.27. The topological polar surface area (TPSA) is 35.2 Å². The van der Waals surface area contributed by atoms with Crippen LogP contribution in [0.2, 0.25) is 0 Å². The van der Waals surface area contributed by atoms with Gasteiger partial charge in [0, 0.05) is 7.11 Å². The number of hydrogen-bond donors (Lipinski definition) is 1. The summed E-state index contributed by atoms with van der Waals surface area (Å²) in [6.45, 7) is 5.81. The quantitative estimate of drug-likeness (QED) is 0.855. The van der Waals surface area contributed by atoms with E-state index in [0.29, 0.717) is 0 Å². The third kappa shape index (κ3) is 2.60. The minimum Gasteiger partial charge on any atom is -0.377 e. The van der Waals surface area contributed by atoms with Crippen LogP contribution < -0.4 is 5.73 Å². The predicted molar refractivity (Wildman–Crippen MR) is 63.8 cm³/mol. The van der Waals surface area contributed by atoms with Crippen LogP contribution in [0.4, 0.5) is 4.39 Å². The minimum absolute atomic E-state index is 0.250. The van der Waals surface area contributed by atoms with Gasteiger partial charge in [-0.05, 0) is 43.5 Å². The Balaban J connectivity index is 3.08. The van der Waals surface area contributed by atoms with Crippen molar-refractivity contribution in [3.8, 4) is 0 Å². The van der Waals surface area contributed by atoms with E-state index in [1.165, 1.54) is 12.1 Å². The summed E-state index contributed by atoms with van der Waals surface area (Å²) in [7, 11) is 1.63. The lowest BCUT2D eigenvalue weighted by Crippen LogP contribution is -2.39. The maximum Gasteiger partial charge on any atom is 0.123 e. The van der Waals surface area contributed by atoms with Crippen LogP contribution in [0.5, 0.6) is 0 Å². The maximum atomic E-state index is 13.3. The lowest BCUT2D eigenvalue weighted by Gasteiger charge is -2.33. The molecule has 3 heteroatoms. The maximum absolute atomic E-state index is 13.3. The van der Waals surface area contributed by atoms with Crippen molar-refractivity contribution in [1.82, 2.24) is 0 Å². The van der Waals surface area contributed by atoms with E-state index in [1.807, 2.05) is 26.8 Å². The first kappa shape index (κ1) is 13.1. The van der Waals surface area contributed by atoms with Crippen molar-refractivity contribution in [3.05, 3.63) is 35.1 Å². The third-order valence-corrected chi connectivity index (χ3v) is 3.25. The molecule has 2 unspecified atom stereocenters. The third-order valence-electron chi connectivity index (χ3n) is 3.25. The number of benzene rings is 1. The van der Waals surface area contributed by atoms with Crippen LogP contribution in [-0.2, 0) is 4.74 Å². The Morgan fingerprint density at radius 2 is 2.06 bits per heavy atom. The molecule has 0 aliphatic carbocycles. The molecule has 1 aromatic carbocycles. The first-order chi connectivity index (χ1) is 7.42. The average molecular weight is 225 g/mol. The Morgan fingerprint density at radius 3 is 2.50 bits per heavy atom. The molecule has 0 radical (unpaired) electrons. The lowest BCUT2D eigenvalue weighted by atomic mass is 9.88. The van der Waals surface area contributed by atoms with Gasteiger partial charge >= 0.3 is 0 Å². The zero-order valence-electron chi connectivity index (χ0n) is 10.4. The normalized spacial score (nSPS) is 16.9. The van der Waals surface area contributed by atoms with E-state index in [-0.39, 0.29) is 11.9 Å². The summed E-state index contributed by atoms with van der Waals surface area (Å²) in [5.41, 5.74) is 7.34. The fraction of sp³-hybridized carbons (Fsp3) is 0.538. The Hall–Kier alpha value is -0.930. The van der Waals surface area contributed by atoms with Gasteiger partial charge in [-0.15, -0.1) is 0 Å². The monoisotopic (exact) mass is 225 g/mol. The summed E-state index contributed by atoms with van der Waals surface area (Å²) in [5, 5.41) is 0. The van der Waals surface area contributed by atoms with Gasteiger partial charge in [0.2, 0.25) is 0 Å². The molecule has 0 aliphatic heterocycles. The largest absolute Gasteiger partial charge is 0.377 e. The lowest BCUT2D eigenvalue weighted by molar-refractivity contribution is -0.0195. The number of ether oxygens (including phenoxy) is 1. The Labute approximate surface area is 96.6 Å². The Kier molecular flexibility index (Phi) is 4.05. The molecule has 0 amide bonds. The number of nitrogens with two attached hydrogens (primary N) is 1. The van der Waals surface area contributed by atoms with Gasteiger partial charge in [0.1, 0.15) is 5.82 Å². The molecule has 2 atom stereocenters. The van der Waals surface area contributed by atoms with Crippen LogP contribution in [0.25, 0.3) is 0 Å². The highest BCUT2D eigenvalue weighted by Crippen LogP contribution is 2.30. The van der Waals surface area contributed by atoms with Crippen LogP contribution in [0.3, 0.4) is 0 Å². The molecule has 1 aromatic rings. The van der Waals surface area contributed by atoms with Gasteiger partial charge in [0.15, 0.2) is 0 Å². The molecule has 0 saturated carbocycles. The second kappa shape index (κ2) is 4.93. The smallest absolute Gasteiger partial charge is 0.123 e. The molecule has 2 nitrogen and oxygen atoms in total. The van der Waals surface area contributed by atoms with Crippen molar-refractivity contribution >= 4 is 0 Å². The van der Waals surface area contributed by atoms with Crippen LogP contribution in [0, 0.1) is 12.7 Å². The molecule has 0 fully saturated rings. The van der Waals surface area contributed by atoms with Gasteiger partial charge in [0.25, 0.3) is 0 Å². The second-order valence-electron chi connectivity index (χ2n) is 4.41. The van der Waals surface area contributed by atoms with E-state index >= 15 is 0 Å². The van der Waals surface area contributed by atoms with E-state index in [0.717, 1.165) is 17.5 Å². The van der Waals surface area contributed by atoms with Gasteiger partial charge in [-0.25, -0.2) is 4.39 Å². The van der Waals surface area contributed by atoms with Crippen LogP contribution in [-0.4, -0.2) is 12.7 Å². The highest BCUT2D eigenvalue weighted by atomic mass is 19.1. The van der Waals surface area contributed by atoms with Crippen LogP contribution in [0.15, 0.2) is 18.2 Å². The Bertz CT molecular complexity index is 341. The second-order valence-corrected chi connectivity index (χ2v) is 4.41. The molecular formula is C13H20FNO. The van der Waals surface area contributed by atoms with Crippen molar-refractivity contribution in [3.63, 3.8) is 0 Å². The molecule has 0 saturated heterocycles. The molecule has 0 aromatic heterocycles. The molecule has 0 bridgehead atoms. The van der Waals surface area contributed by atoms with E-state index < -0.39 is 5.60 Å². The van der Waals surface area contributed by atoms with Gasteiger partial charge in [-0.2, -0.15) is 0 Å². The Morgan fingerprint density at radius 1 is 1.44 bits per heavy atom. The summed E-state index contributed by atoms with van der Waals surface area (Å²) >= 11 is 0. The van der Waals surface area contributed by atoms with Crippen molar-refractivity contribution < 1.29 is 9.13 Å². The predicted octanol–water partition coefficient (Wildman–Crippen LogP) is 2.95. The summed E-state index contributed by atoms with van der Waals surface area (Å²) < 4.78 is 18.7. The first-order valence-electron chi connectivity index (χ1n) is 5.50. The summed E-state index contributed by atoms with van der Waals surface area (Å²) in [6, 6.07) is 4.55. The number of hydrogen-bond acceptors (Lipinski definition) is 2. The van der Waals surface area contributed by atoms with Crippen molar-refractivity contribution in [2.75, 3.05) is 7.11 Å². The van der Waals surface area contributed by atoms with Gasteiger partial charge < -0.3 is 10.5 Å². The summed E-state index contributed by atoms with van der Waals surface area (Å²) in [5.74, 6) is -0.250. The highest BCUT2D eigenvalue weighted by Gasteiger charge is 2.31. The zero-order chi connectivity index (χ0) is 12.3. The number of methoxy groups -OCH3 is 1. The summed E-state index contributed by atoms with van der Waals surface area (Å²) in [4.78, 5) is 0. The molecule has 0 spiro atoms.